The van der Waals surface area contributed by atoms with Crippen LogP contribution in [0.25, 0.3) is 0 Å². The lowest BCUT2D eigenvalue weighted by Gasteiger charge is -2.32. The van der Waals surface area contributed by atoms with Crippen molar-refractivity contribution < 1.29 is 18.0 Å². The number of rotatable bonds is 8. The van der Waals surface area contributed by atoms with Crippen LogP contribution in [0.2, 0.25) is 0 Å². The van der Waals surface area contributed by atoms with Crippen molar-refractivity contribution in [3.05, 3.63) is 35.4 Å². The predicted octanol–water partition coefficient (Wildman–Crippen LogP) is 3.71. The Morgan fingerprint density at radius 1 is 1.19 bits per heavy atom. The second kappa shape index (κ2) is 13.9. The van der Waals surface area contributed by atoms with Crippen LogP contribution in [-0.2, 0) is 17.5 Å². The van der Waals surface area contributed by atoms with Crippen LogP contribution in [0.4, 0.5) is 13.2 Å². The van der Waals surface area contributed by atoms with Crippen molar-refractivity contribution in [2.75, 3.05) is 40.3 Å². The first-order valence-electron chi connectivity index (χ1n) is 10.8. The first kappa shape index (κ1) is 28.5. The van der Waals surface area contributed by atoms with Crippen LogP contribution >= 0.6 is 24.0 Å². The number of amides is 1. The normalized spacial score (nSPS) is 16.1. The maximum absolute atomic E-state index is 12.9. The number of piperidine rings is 1. The summed E-state index contributed by atoms with van der Waals surface area (Å²) in [6.45, 7) is 5.23. The average Bonchev–Trinajstić information content (AvgIpc) is 2.75. The molecule has 0 spiro atoms. The molecule has 1 amide bonds. The van der Waals surface area contributed by atoms with Gasteiger partial charge in [0, 0.05) is 26.7 Å². The molecule has 1 fully saturated rings. The first-order valence-corrected chi connectivity index (χ1v) is 10.8. The van der Waals surface area contributed by atoms with E-state index in [2.05, 4.69) is 27.4 Å². The molecular formula is C22H35F3IN5O. The van der Waals surface area contributed by atoms with Gasteiger partial charge in [-0.1, -0.05) is 18.6 Å². The smallest absolute Gasteiger partial charge is 0.356 e. The minimum absolute atomic E-state index is 0. The third kappa shape index (κ3) is 9.93. The minimum atomic E-state index is -4.39. The Morgan fingerprint density at radius 2 is 1.88 bits per heavy atom. The summed E-state index contributed by atoms with van der Waals surface area (Å²) < 4.78 is 38.8. The standard InChI is InChI=1S/C22H34F3N5O.HI/c1-17(30-12-5-4-6-13-30)10-11-26-21(28-16-20(31)29(2)3)27-15-18-8-7-9-19(14-18)22(23,24)25;/h7-9,14,17H,4-6,10-13,15-16H2,1-3H3,(H2,26,27,28);1H. The molecule has 32 heavy (non-hydrogen) atoms. The van der Waals surface area contributed by atoms with Crippen molar-refractivity contribution in [1.29, 1.82) is 0 Å². The van der Waals surface area contributed by atoms with Gasteiger partial charge >= 0.3 is 6.18 Å². The van der Waals surface area contributed by atoms with Gasteiger partial charge in [0.25, 0.3) is 0 Å². The number of carbonyl (C=O) groups excluding carboxylic acids is 1. The van der Waals surface area contributed by atoms with Crippen LogP contribution in [-0.4, -0.2) is 68.0 Å². The van der Waals surface area contributed by atoms with Gasteiger partial charge in [-0.25, -0.2) is 4.99 Å². The second-order valence-electron chi connectivity index (χ2n) is 8.17. The van der Waals surface area contributed by atoms with E-state index < -0.39 is 11.7 Å². The van der Waals surface area contributed by atoms with E-state index in [4.69, 9.17) is 0 Å². The average molecular weight is 569 g/mol. The number of likely N-dealkylation sites (N-methyl/N-ethyl adjacent to an activating group) is 1. The number of hydrogen-bond acceptors (Lipinski definition) is 3. The number of aliphatic imine (C=N–C) groups is 1. The molecule has 1 aliphatic heterocycles. The second-order valence-corrected chi connectivity index (χ2v) is 8.17. The summed E-state index contributed by atoms with van der Waals surface area (Å²) >= 11 is 0. The maximum Gasteiger partial charge on any atom is 0.416 e. The Hall–Kier alpha value is -1.56. The van der Waals surface area contributed by atoms with E-state index in [9.17, 15) is 18.0 Å². The molecule has 1 aromatic carbocycles. The third-order valence-electron chi connectivity index (χ3n) is 5.45. The van der Waals surface area contributed by atoms with Crippen LogP contribution in [0.1, 0.15) is 43.7 Å². The predicted molar refractivity (Wildman–Crippen MR) is 132 cm³/mol. The topological polar surface area (TPSA) is 60.0 Å². The van der Waals surface area contributed by atoms with Gasteiger partial charge in [-0.15, -0.1) is 24.0 Å². The number of benzene rings is 1. The van der Waals surface area contributed by atoms with Crippen molar-refractivity contribution in [2.45, 2.75) is 51.4 Å². The molecule has 0 aromatic heterocycles. The van der Waals surface area contributed by atoms with Crippen LogP contribution in [0.3, 0.4) is 0 Å². The Morgan fingerprint density at radius 3 is 2.50 bits per heavy atom. The molecule has 1 unspecified atom stereocenters. The van der Waals surface area contributed by atoms with Gasteiger partial charge in [-0.2, -0.15) is 13.2 Å². The molecule has 0 bridgehead atoms. The van der Waals surface area contributed by atoms with Gasteiger partial charge in [0.05, 0.1) is 18.7 Å². The van der Waals surface area contributed by atoms with Gasteiger partial charge in [-0.05, 0) is 57.0 Å². The van der Waals surface area contributed by atoms with Crippen LogP contribution in [0, 0.1) is 0 Å². The molecule has 182 valence electrons. The van der Waals surface area contributed by atoms with Gasteiger partial charge in [0.1, 0.15) is 0 Å². The van der Waals surface area contributed by atoms with Crippen molar-refractivity contribution in [1.82, 2.24) is 20.4 Å². The highest BCUT2D eigenvalue weighted by atomic mass is 127. The molecule has 2 N–H and O–H groups in total. The number of halogens is 4. The monoisotopic (exact) mass is 569 g/mol. The molecule has 1 atom stereocenters. The van der Waals surface area contributed by atoms with E-state index in [1.807, 2.05) is 0 Å². The van der Waals surface area contributed by atoms with Gasteiger partial charge in [-0.3, -0.25) is 4.79 Å². The van der Waals surface area contributed by atoms with E-state index in [-0.39, 0.29) is 43.0 Å². The maximum atomic E-state index is 12.9. The zero-order valence-corrected chi connectivity index (χ0v) is 21.4. The fourth-order valence-corrected chi connectivity index (χ4v) is 3.45. The lowest BCUT2D eigenvalue weighted by Crippen LogP contribution is -2.45. The zero-order chi connectivity index (χ0) is 22.9. The molecule has 1 saturated heterocycles. The lowest BCUT2D eigenvalue weighted by molar-refractivity contribution is -0.137. The molecule has 10 heteroatoms. The summed E-state index contributed by atoms with van der Waals surface area (Å²) in [5, 5.41) is 6.20. The van der Waals surface area contributed by atoms with Gasteiger partial charge in [0.15, 0.2) is 5.96 Å². The Kier molecular flexibility index (Phi) is 12.3. The zero-order valence-electron chi connectivity index (χ0n) is 19.0. The third-order valence-corrected chi connectivity index (χ3v) is 5.45. The highest BCUT2D eigenvalue weighted by Gasteiger charge is 2.30. The molecule has 0 aliphatic carbocycles. The summed E-state index contributed by atoms with van der Waals surface area (Å²) in [6.07, 6.45) is 0.274. The Labute approximate surface area is 206 Å². The largest absolute Gasteiger partial charge is 0.416 e. The van der Waals surface area contributed by atoms with E-state index in [0.29, 0.717) is 24.1 Å². The first-order chi connectivity index (χ1) is 14.7. The number of hydrogen-bond donors (Lipinski definition) is 2. The molecule has 6 nitrogen and oxygen atoms in total. The fourth-order valence-electron chi connectivity index (χ4n) is 3.45. The molecule has 1 aliphatic rings. The SMILES string of the molecule is CC(CCNC(=NCc1cccc(C(F)(F)F)c1)NCC(=O)N(C)C)N1CCCCC1.I. The number of carbonyl (C=O) groups is 1. The highest BCUT2D eigenvalue weighted by Crippen LogP contribution is 2.29. The fraction of sp³-hybridized carbons (Fsp3) is 0.636. The summed E-state index contributed by atoms with van der Waals surface area (Å²) in [5.41, 5.74) is -0.239. The van der Waals surface area contributed by atoms with E-state index >= 15 is 0 Å². The van der Waals surface area contributed by atoms with Crippen LogP contribution in [0.5, 0.6) is 0 Å². The van der Waals surface area contributed by atoms with Crippen LogP contribution < -0.4 is 10.6 Å². The number of likely N-dealkylation sites (tertiary alicyclic amines) is 1. The van der Waals surface area contributed by atoms with Crippen LogP contribution in [0.15, 0.2) is 29.3 Å². The molecule has 1 heterocycles. The van der Waals surface area contributed by atoms with Crippen molar-refractivity contribution in [3.8, 4) is 0 Å². The number of nitrogens with zero attached hydrogens (tertiary/aromatic N) is 3. The molecule has 1 aromatic rings. The van der Waals surface area contributed by atoms with Gasteiger partial charge in [0.2, 0.25) is 5.91 Å². The quantitative estimate of drug-likeness (QED) is 0.285. The van der Waals surface area contributed by atoms with E-state index in [1.165, 1.54) is 30.2 Å². The molecule has 2 rings (SSSR count). The highest BCUT2D eigenvalue weighted by molar-refractivity contribution is 14.0. The van der Waals surface area contributed by atoms with E-state index in [1.54, 1.807) is 20.2 Å². The molecule has 0 saturated carbocycles. The summed E-state index contributed by atoms with van der Waals surface area (Å²) in [5.74, 6) is 0.300. The van der Waals surface area contributed by atoms with E-state index in [0.717, 1.165) is 31.6 Å². The Balaban J connectivity index is 0.00000512. The number of alkyl halides is 3. The van der Waals surface area contributed by atoms with Crippen molar-refractivity contribution in [3.63, 3.8) is 0 Å². The lowest BCUT2D eigenvalue weighted by atomic mass is 10.1. The van der Waals surface area contributed by atoms with Crippen molar-refractivity contribution >= 4 is 35.8 Å². The van der Waals surface area contributed by atoms with Crippen molar-refractivity contribution in [2.24, 2.45) is 4.99 Å². The van der Waals surface area contributed by atoms with Gasteiger partial charge < -0.3 is 20.4 Å². The Bertz CT molecular complexity index is 737. The number of guanidine groups is 1. The molecular weight excluding hydrogens is 534 g/mol. The minimum Gasteiger partial charge on any atom is -0.356 e. The molecule has 0 radical (unpaired) electrons. The summed E-state index contributed by atoms with van der Waals surface area (Å²) in [4.78, 5) is 20.3. The number of nitrogens with one attached hydrogen (secondary N) is 2. The summed E-state index contributed by atoms with van der Waals surface area (Å²) in [6, 6.07) is 5.57. The summed E-state index contributed by atoms with van der Waals surface area (Å²) in [7, 11) is 3.33.